The van der Waals surface area contributed by atoms with Crippen molar-refractivity contribution in [1.82, 2.24) is 0 Å². The van der Waals surface area contributed by atoms with Gasteiger partial charge in [0.05, 0.1) is 0 Å². The molecule has 3 aliphatic carbocycles. The van der Waals surface area contributed by atoms with E-state index in [1.165, 1.54) is 15.9 Å². The molecule has 40 heavy (non-hydrogen) atoms. The molecule has 0 unspecified atom stereocenters. The summed E-state index contributed by atoms with van der Waals surface area (Å²) in [6, 6.07) is 21.8. The van der Waals surface area contributed by atoms with Crippen LogP contribution in [0.3, 0.4) is 0 Å². The number of hydrogen-bond acceptors (Lipinski definition) is 3. The van der Waals surface area contributed by atoms with E-state index in [1.54, 1.807) is 0 Å². The molecular formula is C36H52O3Si. The number of aliphatic hydroxyl groups is 2. The minimum Gasteiger partial charge on any atom is -0.404 e. The Labute approximate surface area is 244 Å². The summed E-state index contributed by atoms with van der Waals surface area (Å²) in [5.41, 5.74) is 1.55. The molecule has 7 atom stereocenters. The van der Waals surface area contributed by atoms with Gasteiger partial charge in [0.2, 0.25) is 0 Å². The van der Waals surface area contributed by atoms with Crippen molar-refractivity contribution in [3.63, 3.8) is 0 Å². The topological polar surface area (TPSA) is 49.7 Å². The van der Waals surface area contributed by atoms with E-state index in [0.29, 0.717) is 11.8 Å². The maximum absolute atomic E-state index is 10.9. The Morgan fingerprint density at radius 2 is 1.45 bits per heavy atom. The van der Waals surface area contributed by atoms with Gasteiger partial charge < -0.3 is 14.6 Å². The van der Waals surface area contributed by atoms with Crippen LogP contribution in [0.4, 0.5) is 0 Å². The molecule has 0 aliphatic heterocycles. The minimum atomic E-state index is -2.65. The lowest BCUT2D eigenvalue weighted by Gasteiger charge is -2.57. The van der Waals surface area contributed by atoms with Gasteiger partial charge in [-0.2, -0.15) is 0 Å². The van der Waals surface area contributed by atoms with Gasteiger partial charge in [-0.1, -0.05) is 107 Å². The van der Waals surface area contributed by atoms with Gasteiger partial charge >= 0.3 is 0 Å². The first kappa shape index (κ1) is 29.8. The molecule has 0 bridgehead atoms. The molecule has 2 N–H and O–H groups in total. The largest absolute Gasteiger partial charge is 0.404 e. The summed E-state index contributed by atoms with van der Waals surface area (Å²) >= 11 is 0. The molecule has 5 rings (SSSR count). The highest BCUT2D eigenvalue weighted by Gasteiger charge is 2.58. The van der Waals surface area contributed by atoms with Crippen LogP contribution in [0.25, 0.3) is 0 Å². The zero-order valence-corrected chi connectivity index (χ0v) is 26.5. The number of benzene rings is 2. The lowest BCUT2D eigenvalue weighted by molar-refractivity contribution is -0.102. The molecule has 218 valence electrons. The highest BCUT2D eigenvalue weighted by Crippen LogP contribution is 2.63. The molecular weight excluding hydrogens is 508 g/mol. The van der Waals surface area contributed by atoms with E-state index < -0.39 is 8.32 Å². The molecule has 3 nitrogen and oxygen atoms in total. The van der Waals surface area contributed by atoms with E-state index in [2.05, 4.69) is 102 Å². The van der Waals surface area contributed by atoms with Crippen LogP contribution in [0.5, 0.6) is 0 Å². The number of rotatable bonds is 7. The Bertz CT molecular complexity index is 1120. The van der Waals surface area contributed by atoms with Gasteiger partial charge in [0.1, 0.15) is 0 Å². The van der Waals surface area contributed by atoms with Crippen molar-refractivity contribution < 1.29 is 14.6 Å². The van der Waals surface area contributed by atoms with E-state index in [9.17, 15) is 10.2 Å². The van der Waals surface area contributed by atoms with E-state index in [1.807, 2.05) is 0 Å². The predicted molar refractivity (Wildman–Crippen MR) is 168 cm³/mol. The summed E-state index contributed by atoms with van der Waals surface area (Å²) in [6.45, 7) is 16.7. The van der Waals surface area contributed by atoms with Crippen LogP contribution in [0, 0.1) is 34.5 Å². The van der Waals surface area contributed by atoms with Crippen LogP contribution >= 0.6 is 0 Å². The standard InChI is InChI=1S/C36H52O3Si/c1-26-17-18-32-31(25-38)33(20-22-35(26,32)5)36(6)21-19-28(23-27(36)24-37)39-40(34(2,3)4,29-13-9-7-10-14-29)30-15-11-8-12-16-30/h7-16,27-28,31-33,37-38H,1,17-25H2,2-6H3/t27-,28+,31+,32+,33+,35-,36+/m1/s1. The molecule has 3 aliphatic rings. The molecule has 0 saturated heterocycles. The van der Waals surface area contributed by atoms with Crippen LogP contribution in [0.1, 0.15) is 79.6 Å². The Kier molecular flexibility index (Phi) is 8.31. The third-order valence-corrected chi connectivity index (χ3v) is 17.0. The van der Waals surface area contributed by atoms with Crippen molar-refractivity contribution in [3.05, 3.63) is 72.8 Å². The first-order valence-corrected chi connectivity index (χ1v) is 17.6. The average molecular weight is 561 g/mol. The fourth-order valence-corrected chi connectivity index (χ4v) is 14.2. The summed E-state index contributed by atoms with van der Waals surface area (Å²) in [4.78, 5) is 0. The molecule has 2 aromatic rings. The normalized spacial score (nSPS) is 35.0. The first-order valence-electron chi connectivity index (χ1n) is 15.7. The van der Waals surface area contributed by atoms with E-state index in [-0.39, 0.29) is 47.0 Å². The zero-order valence-electron chi connectivity index (χ0n) is 25.5. The maximum atomic E-state index is 10.9. The van der Waals surface area contributed by atoms with Crippen LogP contribution in [-0.2, 0) is 4.43 Å². The first-order chi connectivity index (χ1) is 19.0. The fraction of sp³-hybridized carbons (Fsp3) is 0.611. The highest BCUT2D eigenvalue weighted by molar-refractivity contribution is 6.99. The zero-order chi connectivity index (χ0) is 28.8. The summed E-state index contributed by atoms with van der Waals surface area (Å²) < 4.78 is 7.55. The predicted octanol–water partition coefficient (Wildman–Crippen LogP) is 6.72. The van der Waals surface area contributed by atoms with Gasteiger partial charge in [-0.05, 0) is 94.9 Å². The third-order valence-electron chi connectivity index (χ3n) is 11.9. The van der Waals surface area contributed by atoms with E-state index >= 15 is 0 Å². The molecule has 4 heteroatoms. The molecule has 0 heterocycles. The fourth-order valence-electron chi connectivity index (χ4n) is 9.47. The van der Waals surface area contributed by atoms with Crippen LogP contribution in [-0.4, -0.2) is 37.8 Å². The Morgan fingerprint density at radius 1 is 0.850 bits per heavy atom. The molecule has 3 fully saturated rings. The van der Waals surface area contributed by atoms with Crippen molar-refractivity contribution in [1.29, 1.82) is 0 Å². The summed E-state index contributed by atoms with van der Waals surface area (Å²) in [5.74, 6) is 1.38. The Morgan fingerprint density at radius 3 is 1.98 bits per heavy atom. The average Bonchev–Trinajstić information content (AvgIpc) is 3.26. The second-order valence-electron chi connectivity index (χ2n) is 14.7. The minimum absolute atomic E-state index is 0.00129. The van der Waals surface area contributed by atoms with Crippen molar-refractivity contribution in [2.75, 3.05) is 13.2 Å². The van der Waals surface area contributed by atoms with E-state index in [4.69, 9.17) is 4.43 Å². The molecule has 0 spiro atoms. The van der Waals surface area contributed by atoms with Crippen molar-refractivity contribution in [2.24, 2.45) is 34.5 Å². The number of aliphatic hydroxyl groups excluding tert-OH is 2. The van der Waals surface area contributed by atoms with Crippen molar-refractivity contribution >= 4 is 18.7 Å². The molecule has 0 amide bonds. The maximum Gasteiger partial charge on any atom is 0.261 e. The van der Waals surface area contributed by atoms with Gasteiger partial charge in [0.25, 0.3) is 8.32 Å². The number of fused-ring (bicyclic) bond motifs is 1. The lowest BCUT2D eigenvalue weighted by atomic mass is 9.49. The SMILES string of the molecule is C=C1CC[C@H]2[C@H](CO)[C@@H]([C@@]3(C)CC[C@H](O[Si](c4ccccc4)(c4ccccc4)C(C)(C)C)C[C@@H]3CO)CC[C@]12C. The smallest absolute Gasteiger partial charge is 0.261 e. The van der Waals surface area contributed by atoms with Crippen molar-refractivity contribution in [2.45, 2.75) is 90.7 Å². The second kappa shape index (κ2) is 11.2. The van der Waals surface area contributed by atoms with E-state index in [0.717, 1.165) is 44.9 Å². The van der Waals surface area contributed by atoms with Gasteiger partial charge in [-0.3, -0.25) is 0 Å². The Hall–Kier alpha value is -1.72. The van der Waals surface area contributed by atoms with Crippen LogP contribution < -0.4 is 10.4 Å². The van der Waals surface area contributed by atoms with Crippen LogP contribution in [0.2, 0.25) is 5.04 Å². The van der Waals surface area contributed by atoms with Crippen LogP contribution in [0.15, 0.2) is 72.8 Å². The van der Waals surface area contributed by atoms with Gasteiger partial charge in [0.15, 0.2) is 0 Å². The molecule has 0 aromatic heterocycles. The second-order valence-corrected chi connectivity index (χ2v) is 19.0. The number of allylic oxidation sites excluding steroid dienone is 1. The number of hydrogen-bond donors (Lipinski definition) is 2. The summed E-state index contributed by atoms with van der Waals surface area (Å²) in [5, 5.41) is 24.2. The third kappa shape index (κ3) is 4.77. The van der Waals surface area contributed by atoms with Gasteiger partial charge in [-0.15, -0.1) is 0 Å². The Balaban J connectivity index is 1.45. The highest BCUT2D eigenvalue weighted by atomic mass is 28.4. The molecule has 2 aromatic carbocycles. The van der Waals surface area contributed by atoms with Gasteiger partial charge in [0, 0.05) is 19.3 Å². The summed E-state index contributed by atoms with van der Waals surface area (Å²) in [7, 11) is -2.65. The van der Waals surface area contributed by atoms with Crippen molar-refractivity contribution in [3.8, 4) is 0 Å². The molecule has 0 radical (unpaired) electrons. The quantitative estimate of drug-likeness (QED) is 0.292. The lowest BCUT2D eigenvalue weighted by Crippen LogP contribution is -2.68. The monoisotopic (exact) mass is 560 g/mol. The molecule has 3 saturated carbocycles. The summed E-state index contributed by atoms with van der Waals surface area (Å²) in [6.07, 6.45) is 7.53. The van der Waals surface area contributed by atoms with Gasteiger partial charge in [-0.25, -0.2) is 0 Å².